The lowest BCUT2D eigenvalue weighted by Crippen LogP contribution is -2.45. The van der Waals surface area contributed by atoms with E-state index in [-0.39, 0.29) is 16.8 Å². The molecule has 1 atom stereocenters. The molecule has 0 unspecified atom stereocenters. The second kappa shape index (κ2) is 19.5. The fraction of sp³-hybridized carbons (Fsp3) is 0.700. The fourth-order valence-electron chi connectivity index (χ4n) is 4.56. The minimum atomic E-state index is -0.829. The Hall–Kier alpha value is -1.53. The first-order valence-electron chi connectivity index (χ1n) is 14.1. The summed E-state index contributed by atoms with van der Waals surface area (Å²) in [5.41, 5.74) is 2.14. The number of nitrogens with zero attached hydrogens (tertiary/aromatic N) is 1. The standard InChI is InChI=1S/C30H48ClNO4S/c1-6-7-8-9-10-11-12-13-14-15-16-17-18-19-28(34)37-22-27(33)32(25(4)30(35)36-5)29-23(2)20-21-26(31)24(29)3/h20-21,25H,6-19,22H2,1-5H3/t25-/m0/s1. The third-order valence-corrected chi connectivity index (χ3v) is 8.17. The average Bonchev–Trinajstić information content (AvgIpc) is 2.89. The lowest BCUT2D eigenvalue weighted by Gasteiger charge is -2.30. The van der Waals surface area contributed by atoms with E-state index in [1.165, 1.54) is 76.2 Å². The Balaban J connectivity index is 2.39. The zero-order valence-electron chi connectivity index (χ0n) is 23.7. The Morgan fingerprint density at radius 1 is 0.892 bits per heavy atom. The second-order valence-corrected chi connectivity index (χ2v) is 11.4. The number of thioether (sulfide) groups is 1. The van der Waals surface area contributed by atoms with E-state index in [2.05, 4.69) is 6.92 Å². The first-order valence-corrected chi connectivity index (χ1v) is 15.4. The molecule has 0 heterocycles. The molecule has 0 aliphatic heterocycles. The Morgan fingerprint density at radius 2 is 1.41 bits per heavy atom. The van der Waals surface area contributed by atoms with Gasteiger partial charge in [-0.25, -0.2) is 4.79 Å². The number of anilines is 1. The third-order valence-electron chi connectivity index (χ3n) is 6.85. The molecule has 5 nitrogen and oxygen atoms in total. The summed E-state index contributed by atoms with van der Waals surface area (Å²) in [4.78, 5) is 39.4. The van der Waals surface area contributed by atoms with Crippen molar-refractivity contribution in [1.29, 1.82) is 0 Å². The summed E-state index contributed by atoms with van der Waals surface area (Å²) in [5.74, 6) is -0.852. The summed E-state index contributed by atoms with van der Waals surface area (Å²) < 4.78 is 4.89. The van der Waals surface area contributed by atoms with Crippen LogP contribution < -0.4 is 4.90 Å². The summed E-state index contributed by atoms with van der Waals surface area (Å²) in [7, 11) is 1.30. The highest BCUT2D eigenvalue weighted by molar-refractivity contribution is 8.14. The van der Waals surface area contributed by atoms with Crippen LogP contribution in [0.2, 0.25) is 5.02 Å². The van der Waals surface area contributed by atoms with Crippen molar-refractivity contribution in [1.82, 2.24) is 0 Å². The van der Waals surface area contributed by atoms with Gasteiger partial charge in [0.25, 0.3) is 0 Å². The van der Waals surface area contributed by atoms with Crippen molar-refractivity contribution in [3.63, 3.8) is 0 Å². The number of rotatable bonds is 19. The highest BCUT2D eigenvalue weighted by atomic mass is 35.5. The van der Waals surface area contributed by atoms with Crippen LogP contribution in [-0.2, 0) is 19.1 Å². The normalized spacial score (nSPS) is 11.8. The van der Waals surface area contributed by atoms with Crippen molar-refractivity contribution in [2.45, 2.75) is 124 Å². The fourth-order valence-corrected chi connectivity index (χ4v) is 5.43. The quantitative estimate of drug-likeness (QED) is 0.127. The Kier molecular flexibility index (Phi) is 17.7. The van der Waals surface area contributed by atoms with E-state index in [0.29, 0.717) is 22.7 Å². The average molecular weight is 554 g/mol. The highest BCUT2D eigenvalue weighted by Crippen LogP contribution is 2.32. The Labute approximate surface area is 234 Å². The minimum Gasteiger partial charge on any atom is -0.467 e. The molecule has 1 rings (SSSR count). The SMILES string of the molecule is CCCCCCCCCCCCCCCC(=O)SCC(=O)N(c1c(C)ccc(Cl)c1C)[C@@H](C)C(=O)OC. The van der Waals surface area contributed by atoms with Gasteiger partial charge in [-0.1, -0.05) is 113 Å². The molecule has 210 valence electrons. The van der Waals surface area contributed by atoms with E-state index in [1.54, 1.807) is 13.0 Å². The number of benzene rings is 1. The highest BCUT2D eigenvalue weighted by Gasteiger charge is 2.31. The molecular weight excluding hydrogens is 506 g/mol. The van der Waals surface area contributed by atoms with E-state index < -0.39 is 12.0 Å². The van der Waals surface area contributed by atoms with Crippen LogP contribution in [0.25, 0.3) is 0 Å². The number of hydrogen-bond donors (Lipinski definition) is 0. The van der Waals surface area contributed by atoms with Crippen molar-refractivity contribution in [2.75, 3.05) is 17.8 Å². The molecule has 37 heavy (non-hydrogen) atoms. The van der Waals surface area contributed by atoms with Gasteiger partial charge < -0.3 is 4.74 Å². The summed E-state index contributed by atoms with van der Waals surface area (Å²) >= 11 is 7.34. The van der Waals surface area contributed by atoms with E-state index in [0.717, 1.165) is 36.6 Å². The predicted octanol–water partition coefficient (Wildman–Crippen LogP) is 8.59. The van der Waals surface area contributed by atoms with Crippen LogP contribution in [0.4, 0.5) is 5.69 Å². The topological polar surface area (TPSA) is 63.7 Å². The van der Waals surface area contributed by atoms with Crippen molar-refractivity contribution in [3.8, 4) is 0 Å². The molecule has 0 bridgehead atoms. The maximum Gasteiger partial charge on any atom is 0.328 e. The Bertz CT molecular complexity index is 845. The lowest BCUT2D eigenvalue weighted by atomic mass is 10.0. The molecule has 1 amide bonds. The number of esters is 1. The van der Waals surface area contributed by atoms with Gasteiger partial charge in [-0.05, 0) is 44.4 Å². The number of unbranched alkanes of at least 4 members (excludes halogenated alkanes) is 12. The molecule has 0 fully saturated rings. The van der Waals surface area contributed by atoms with Crippen molar-refractivity contribution < 1.29 is 19.1 Å². The van der Waals surface area contributed by atoms with Gasteiger partial charge in [0, 0.05) is 11.4 Å². The molecule has 0 aliphatic rings. The molecule has 0 spiro atoms. The van der Waals surface area contributed by atoms with E-state index in [4.69, 9.17) is 16.3 Å². The number of carbonyl (C=O) groups is 3. The molecule has 1 aromatic rings. The van der Waals surface area contributed by atoms with E-state index >= 15 is 0 Å². The third kappa shape index (κ3) is 12.7. The van der Waals surface area contributed by atoms with Crippen LogP contribution in [-0.4, -0.2) is 35.9 Å². The van der Waals surface area contributed by atoms with Crippen LogP contribution >= 0.6 is 23.4 Å². The second-order valence-electron chi connectivity index (χ2n) is 9.95. The monoisotopic (exact) mass is 553 g/mol. The molecule has 1 aromatic carbocycles. The van der Waals surface area contributed by atoms with Gasteiger partial charge in [0.15, 0.2) is 5.12 Å². The number of aryl methyl sites for hydroxylation is 1. The summed E-state index contributed by atoms with van der Waals surface area (Å²) in [6.07, 6.45) is 16.9. The van der Waals surface area contributed by atoms with Crippen LogP contribution in [0.5, 0.6) is 0 Å². The molecular formula is C30H48ClNO4S. The molecule has 0 aromatic heterocycles. The van der Waals surface area contributed by atoms with Gasteiger partial charge >= 0.3 is 5.97 Å². The zero-order chi connectivity index (χ0) is 27.6. The minimum absolute atomic E-state index is 0.0154. The summed E-state index contributed by atoms with van der Waals surface area (Å²) in [6.45, 7) is 7.57. The number of halogens is 1. The summed E-state index contributed by atoms with van der Waals surface area (Å²) in [6, 6.07) is 2.77. The van der Waals surface area contributed by atoms with Crippen molar-refractivity contribution in [3.05, 3.63) is 28.3 Å². The molecule has 0 aliphatic carbocycles. The van der Waals surface area contributed by atoms with Crippen molar-refractivity contribution >= 4 is 46.0 Å². The predicted molar refractivity (Wildman–Crippen MR) is 158 cm³/mol. The molecule has 0 saturated carbocycles. The number of ether oxygens (including phenoxy) is 1. The molecule has 7 heteroatoms. The van der Waals surface area contributed by atoms with Crippen molar-refractivity contribution in [2.24, 2.45) is 0 Å². The van der Waals surface area contributed by atoms with Crippen LogP contribution in [0, 0.1) is 13.8 Å². The van der Waals surface area contributed by atoms with Gasteiger partial charge in [-0.15, -0.1) is 0 Å². The largest absolute Gasteiger partial charge is 0.467 e. The van der Waals surface area contributed by atoms with Crippen LogP contribution in [0.3, 0.4) is 0 Å². The summed E-state index contributed by atoms with van der Waals surface area (Å²) in [5, 5.41) is 0.531. The maximum atomic E-state index is 13.2. The van der Waals surface area contributed by atoms with Crippen LogP contribution in [0.1, 0.15) is 115 Å². The number of carbonyl (C=O) groups excluding carboxylic acids is 3. The lowest BCUT2D eigenvalue weighted by molar-refractivity contribution is -0.142. The molecule has 0 saturated heterocycles. The van der Waals surface area contributed by atoms with Gasteiger partial charge in [0.2, 0.25) is 5.91 Å². The first-order chi connectivity index (χ1) is 17.7. The van der Waals surface area contributed by atoms with E-state index in [1.807, 2.05) is 19.9 Å². The number of amides is 1. The molecule has 0 radical (unpaired) electrons. The number of hydrogen-bond acceptors (Lipinski definition) is 5. The van der Waals surface area contributed by atoms with Crippen LogP contribution in [0.15, 0.2) is 12.1 Å². The zero-order valence-corrected chi connectivity index (χ0v) is 25.3. The van der Waals surface area contributed by atoms with Gasteiger partial charge in [0.1, 0.15) is 6.04 Å². The van der Waals surface area contributed by atoms with Gasteiger partial charge in [0.05, 0.1) is 18.6 Å². The maximum absolute atomic E-state index is 13.2. The van der Waals surface area contributed by atoms with Gasteiger partial charge in [-0.2, -0.15) is 0 Å². The Morgan fingerprint density at radius 3 is 1.92 bits per heavy atom. The van der Waals surface area contributed by atoms with Gasteiger partial charge in [-0.3, -0.25) is 14.5 Å². The van der Waals surface area contributed by atoms with E-state index in [9.17, 15) is 14.4 Å². The molecule has 0 N–H and O–H groups in total. The smallest absolute Gasteiger partial charge is 0.328 e. The first kappa shape index (κ1) is 33.5. The number of methoxy groups -OCH3 is 1.